The van der Waals surface area contributed by atoms with Gasteiger partial charge < -0.3 is 15.3 Å². The molecule has 0 aliphatic carbocycles. The average Bonchev–Trinajstić information content (AvgIpc) is 2.45. The Balaban J connectivity index is 2.78. The zero-order valence-corrected chi connectivity index (χ0v) is 12.5. The van der Waals surface area contributed by atoms with Gasteiger partial charge in [-0.05, 0) is 19.4 Å². The third-order valence-corrected chi connectivity index (χ3v) is 3.43. The fourth-order valence-electron chi connectivity index (χ4n) is 2.00. The summed E-state index contributed by atoms with van der Waals surface area (Å²) in [6, 6.07) is 4.23. The van der Waals surface area contributed by atoms with Crippen LogP contribution in [0, 0.1) is 5.82 Å². The van der Waals surface area contributed by atoms with Gasteiger partial charge in [-0.3, -0.25) is 0 Å². The van der Waals surface area contributed by atoms with Gasteiger partial charge in [0.1, 0.15) is 11.9 Å². The van der Waals surface area contributed by atoms with Gasteiger partial charge in [0, 0.05) is 12.6 Å². The predicted molar refractivity (Wildman–Crippen MR) is 77.4 cm³/mol. The molecule has 0 bridgehead atoms. The fourth-order valence-corrected chi connectivity index (χ4v) is 2.00. The summed E-state index contributed by atoms with van der Waals surface area (Å²) >= 11 is 0. The van der Waals surface area contributed by atoms with E-state index in [2.05, 4.69) is 5.32 Å². The number of rotatable bonds is 6. The van der Waals surface area contributed by atoms with Crippen molar-refractivity contribution in [3.63, 3.8) is 0 Å². The summed E-state index contributed by atoms with van der Waals surface area (Å²) < 4.78 is 13.7. The highest BCUT2D eigenvalue weighted by Gasteiger charge is 2.24. The molecule has 0 fully saturated rings. The molecule has 0 heterocycles. The first kappa shape index (κ1) is 16.9. The first-order valence-electron chi connectivity index (χ1n) is 6.89. The number of carbonyl (C=O) groups is 2. The summed E-state index contributed by atoms with van der Waals surface area (Å²) in [6.45, 7) is 3.53. The molecule has 0 aromatic heterocycles. The van der Waals surface area contributed by atoms with E-state index < -0.39 is 29.9 Å². The van der Waals surface area contributed by atoms with E-state index in [1.165, 1.54) is 18.0 Å². The van der Waals surface area contributed by atoms with E-state index in [1.54, 1.807) is 25.1 Å². The summed E-state index contributed by atoms with van der Waals surface area (Å²) in [5, 5.41) is 11.5. The number of benzene rings is 1. The van der Waals surface area contributed by atoms with Crippen molar-refractivity contribution >= 4 is 12.0 Å². The Bertz CT molecular complexity index is 507. The molecule has 1 aromatic rings. The number of nitrogens with zero attached hydrogens (tertiary/aromatic N) is 1. The standard InChI is InChI=1S/C15H21FN2O3/c1-4-7-13(14(19)20)17-15(21)18(3)10(2)11-8-5-6-9-12(11)16/h5-6,8-10,13H,4,7H2,1-3H3,(H,17,21)(H,19,20)/t10?,13-/m1/s1. The van der Waals surface area contributed by atoms with E-state index in [1.807, 2.05) is 6.92 Å². The number of urea groups is 1. The zero-order chi connectivity index (χ0) is 16.0. The Hall–Kier alpha value is -2.11. The van der Waals surface area contributed by atoms with Gasteiger partial charge in [0.25, 0.3) is 0 Å². The molecule has 2 atom stereocenters. The van der Waals surface area contributed by atoms with Gasteiger partial charge in [-0.15, -0.1) is 0 Å². The van der Waals surface area contributed by atoms with Gasteiger partial charge in [0.2, 0.25) is 0 Å². The molecule has 0 saturated heterocycles. The van der Waals surface area contributed by atoms with E-state index >= 15 is 0 Å². The van der Waals surface area contributed by atoms with Crippen molar-refractivity contribution in [1.82, 2.24) is 10.2 Å². The summed E-state index contributed by atoms with van der Waals surface area (Å²) in [5.41, 5.74) is 0.387. The average molecular weight is 296 g/mol. The first-order chi connectivity index (χ1) is 9.88. The van der Waals surface area contributed by atoms with Gasteiger partial charge >= 0.3 is 12.0 Å². The highest BCUT2D eigenvalue weighted by Crippen LogP contribution is 2.21. The normalized spacial score (nSPS) is 13.3. The number of carboxylic acids is 1. The van der Waals surface area contributed by atoms with Gasteiger partial charge in [0.05, 0.1) is 6.04 Å². The van der Waals surface area contributed by atoms with E-state index in [4.69, 9.17) is 5.11 Å². The number of hydrogen-bond donors (Lipinski definition) is 2. The van der Waals surface area contributed by atoms with E-state index in [0.717, 1.165) is 0 Å². The van der Waals surface area contributed by atoms with Gasteiger partial charge in [-0.2, -0.15) is 0 Å². The van der Waals surface area contributed by atoms with Gasteiger partial charge in [0.15, 0.2) is 0 Å². The number of hydrogen-bond acceptors (Lipinski definition) is 2. The third-order valence-electron chi connectivity index (χ3n) is 3.43. The molecule has 1 aromatic carbocycles. The molecule has 0 spiro atoms. The molecule has 2 amide bonds. The molecule has 5 nitrogen and oxygen atoms in total. The van der Waals surface area contributed by atoms with E-state index in [9.17, 15) is 14.0 Å². The maximum atomic E-state index is 13.7. The lowest BCUT2D eigenvalue weighted by molar-refractivity contribution is -0.139. The van der Waals surface area contributed by atoms with Crippen LogP contribution in [0.2, 0.25) is 0 Å². The SMILES string of the molecule is CCC[C@@H](NC(=O)N(C)C(C)c1ccccc1F)C(=O)O. The number of nitrogens with one attached hydrogen (secondary N) is 1. The summed E-state index contributed by atoms with van der Waals surface area (Å²) in [7, 11) is 1.51. The van der Waals surface area contributed by atoms with Crippen molar-refractivity contribution in [3.8, 4) is 0 Å². The lowest BCUT2D eigenvalue weighted by atomic mass is 10.1. The summed E-state index contributed by atoms with van der Waals surface area (Å²) in [6.07, 6.45) is 0.993. The van der Waals surface area contributed by atoms with Crippen molar-refractivity contribution in [2.24, 2.45) is 0 Å². The molecule has 2 N–H and O–H groups in total. The molecule has 21 heavy (non-hydrogen) atoms. The minimum absolute atomic E-state index is 0.350. The van der Waals surface area contributed by atoms with Gasteiger partial charge in [-0.25, -0.2) is 14.0 Å². The second-order valence-electron chi connectivity index (χ2n) is 4.94. The quantitative estimate of drug-likeness (QED) is 0.848. The van der Waals surface area contributed by atoms with E-state index in [0.29, 0.717) is 18.4 Å². The van der Waals surface area contributed by atoms with Crippen LogP contribution in [0.15, 0.2) is 24.3 Å². The Labute approximate surface area is 123 Å². The van der Waals surface area contributed by atoms with Crippen molar-refractivity contribution < 1.29 is 19.1 Å². The lowest BCUT2D eigenvalue weighted by Gasteiger charge is -2.27. The van der Waals surface area contributed by atoms with Crippen LogP contribution in [0.4, 0.5) is 9.18 Å². The van der Waals surface area contributed by atoms with Crippen molar-refractivity contribution in [2.75, 3.05) is 7.05 Å². The Morgan fingerprint density at radius 3 is 2.52 bits per heavy atom. The molecule has 1 rings (SSSR count). The Morgan fingerprint density at radius 1 is 1.38 bits per heavy atom. The number of carbonyl (C=O) groups excluding carboxylic acids is 1. The molecule has 6 heteroatoms. The smallest absolute Gasteiger partial charge is 0.326 e. The number of carboxylic acid groups (broad SMARTS) is 1. The minimum atomic E-state index is -1.07. The minimum Gasteiger partial charge on any atom is -0.480 e. The van der Waals surface area contributed by atoms with Crippen molar-refractivity contribution in [3.05, 3.63) is 35.6 Å². The van der Waals surface area contributed by atoms with Crippen LogP contribution in [-0.2, 0) is 4.79 Å². The van der Waals surface area contributed by atoms with Crippen LogP contribution in [0.5, 0.6) is 0 Å². The molecule has 0 saturated carbocycles. The monoisotopic (exact) mass is 296 g/mol. The van der Waals surface area contributed by atoms with E-state index in [-0.39, 0.29) is 0 Å². The molecular formula is C15H21FN2O3. The number of aliphatic carboxylic acids is 1. The maximum Gasteiger partial charge on any atom is 0.326 e. The number of halogens is 1. The second kappa shape index (κ2) is 7.61. The van der Waals surface area contributed by atoms with Crippen LogP contribution in [0.25, 0.3) is 0 Å². The Kier molecular flexibility index (Phi) is 6.14. The predicted octanol–water partition coefficient (Wildman–Crippen LogP) is 2.78. The first-order valence-corrected chi connectivity index (χ1v) is 6.89. The second-order valence-corrected chi connectivity index (χ2v) is 4.94. The topological polar surface area (TPSA) is 69.6 Å². The van der Waals surface area contributed by atoms with Crippen LogP contribution in [0.3, 0.4) is 0 Å². The Morgan fingerprint density at radius 2 is 2.00 bits per heavy atom. The third kappa shape index (κ3) is 4.44. The van der Waals surface area contributed by atoms with Crippen LogP contribution < -0.4 is 5.32 Å². The number of amides is 2. The summed E-state index contributed by atoms with van der Waals surface area (Å²) in [5.74, 6) is -1.47. The molecule has 116 valence electrons. The lowest BCUT2D eigenvalue weighted by Crippen LogP contribution is -2.47. The molecule has 0 aliphatic rings. The summed E-state index contributed by atoms with van der Waals surface area (Å²) in [4.78, 5) is 24.4. The largest absolute Gasteiger partial charge is 0.480 e. The van der Waals surface area contributed by atoms with Crippen molar-refractivity contribution in [1.29, 1.82) is 0 Å². The molecule has 1 unspecified atom stereocenters. The maximum absolute atomic E-state index is 13.7. The van der Waals surface area contributed by atoms with Crippen LogP contribution in [0.1, 0.15) is 38.3 Å². The molecular weight excluding hydrogens is 275 g/mol. The molecule has 0 radical (unpaired) electrons. The van der Waals surface area contributed by atoms with Crippen LogP contribution >= 0.6 is 0 Å². The highest BCUT2D eigenvalue weighted by atomic mass is 19.1. The molecule has 0 aliphatic heterocycles. The highest BCUT2D eigenvalue weighted by molar-refractivity contribution is 5.82. The van der Waals surface area contributed by atoms with Crippen molar-refractivity contribution in [2.45, 2.75) is 38.8 Å². The van der Waals surface area contributed by atoms with Gasteiger partial charge in [-0.1, -0.05) is 31.5 Å². The fraction of sp³-hybridized carbons (Fsp3) is 0.467. The van der Waals surface area contributed by atoms with Crippen LogP contribution in [-0.4, -0.2) is 35.1 Å². The zero-order valence-electron chi connectivity index (χ0n) is 12.5.